The molecule has 3 rings (SSSR count). The Morgan fingerprint density at radius 1 is 1.23 bits per heavy atom. The zero-order valence-electron chi connectivity index (χ0n) is 12.8. The highest BCUT2D eigenvalue weighted by Gasteiger charge is 2.20. The van der Waals surface area contributed by atoms with Crippen LogP contribution in [-0.2, 0) is 11.3 Å². The minimum absolute atomic E-state index is 0.0797. The fourth-order valence-electron chi connectivity index (χ4n) is 2.71. The molecular formula is C16H23N3O3. The van der Waals surface area contributed by atoms with Gasteiger partial charge in [0.2, 0.25) is 0 Å². The maximum atomic E-state index is 8.77. The largest absolute Gasteiger partial charge is 0.457 e. The number of rotatable bonds is 7. The number of aromatic nitrogens is 3. The van der Waals surface area contributed by atoms with E-state index < -0.39 is 0 Å². The van der Waals surface area contributed by atoms with Gasteiger partial charge in [0.05, 0.1) is 6.20 Å². The van der Waals surface area contributed by atoms with Crippen molar-refractivity contribution in [1.82, 2.24) is 15.0 Å². The smallest absolute Gasteiger partial charge is 0.156 e. The van der Waals surface area contributed by atoms with Crippen molar-refractivity contribution >= 4 is 0 Å². The molecule has 1 aliphatic heterocycles. The molecule has 0 bridgehead atoms. The highest BCUT2D eigenvalue weighted by molar-refractivity contribution is 5.50. The quantitative estimate of drug-likeness (QED) is 0.796. The van der Waals surface area contributed by atoms with Gasteiger partial charge in [-0.15, -0.1) is 5.10 Å². The summed E-state index contributed by atoms with van der Waals surface area (Å²) in [6.45, 7) is 1.87. The van der Waals surface area contributed by atoms with E-state index in [0.717, 1.165) is 62.5 Å². The molecule has 0 radical (unpaired) electrons. The number of furan rings is 1. The molecule has 0 aromatic carbocycles. The van der Waals surface area contributed by atoms with Crippen LogP contribution in [0.3, 0.4) is 0 Å². The number of unbranched alkanes of at least 4 members (excludes halogenated alkanes) is 2. The maximum Gasteiger partial charge on any atom is 0.156 e. The molecular weight excluding hydrogens is 282 g/mol. The Morgan fingerprint density at radius 3 is 3.00 bits per heavy atom. The molecule has 0 spiro atoms. The average Bonchev–Trinajstić information content (AvgIpc) is 3.21. The predicted molar refractivity (Wildman–Crippen MR) is 81.2 cm³/mol. The first kappa shape index (κ1) is 15.2. The van der Waals surface area contributed by atoms with E-state index in [1.54, 1.807) is 0 Å². The van der Waals surface area contributed by atoms with E-state index in [1.807, 2.05) is 23.0 Å². The summed E-state index contributed by atoms with van der Waals surface area (Å²) in [5, 5.41) is 17.1. The molecule has 3 heterocycles. The Kier molecular flexibility index (Phi) is 5.24. The van der Waals surface area contributed by atoms with E-state index >= 15 is 0 Å². The third-order valence-corrected chi connectivity index (χ3v) is 3.96. The van der Waals surface area contributed by atoms with Crippen molar-refractivity contribution in [1.29, 1.82) is 0 Å². The van der Waals surface area contributed by atoms with Crippen LogP contribution in [0.5, 0.6) is 0 Å². The summed E-state index contributed by atoms with van der Waals surface area (Å²) < 4.78 is 13.5. The SMILES string of the molecule is OCCCCCn1cc(-c2ccc(C3CCCCO3)o2)nn1. The fourth-order valence-corrected chi connectivity index (χ4v) is 2.71. The lowest BCUT2D eigenvalue weighted by Gasteiger charge is -2.20. The molecule has 1 atom stereocenters. The highest BCUT2D eigenvalue weighted by Crippen LogP contribution is 2.31. The molecule has 1 saturated heterocycles. The van der Waals surface area contributed by atoms with Crippen molar-refractivity contribution in [3.63, 3.8) is 0 Å². The first-order valence-electron chi connectivity index (χ1n) is 8.09. The first-order chi connectivity index (χ1) is 10.9. The second-order valence-electron chi connectivity index (χ2n) is 5.71. The summed E-state index contributed by atoms with van der Waals surface area (Å²) in [5.74, 6) is 1.62. The van der Waals surface area contributed by atoms with E-state index in [1.165, 1.54) is 6.42 Å². The molecule has 120 valence electrons. The maximum absolute atomic E-state index is 8.77. The lowest BCUT2D eigenvalue weighted by Crippen LogP contribution is -2.10. The van der Waals surface area contributed by atoms with Crippen LogP contribution < -0.4 is 0 Å². The van der Waals surface area contributed by atoms with Gasteiger partial charge in [0, 0.05) is 19.8 Å². The molecule has 22 heavy (non-hydrogen) atoms. The number of aliphatic hydroxyl groups is 1. The molecule has 1 aliphatic rings. The third-order valence-electron chi connectivity index (χ3n) is 3.96. The van der Waals surface area contributed by atoms with Crippen LogP contribution in [0.2, 0.25) is 0 Å². The molecule has 6 nitrogen and oxygen atoms in total. The Morgan fingerprint density at radius 2 is 2.18 bits per heavy atom. The van der Waals surface area contributed by atoms with Gasteiger partial charge in [0.25, 0.3) is 0 Å². The van der Waals surface area contributed by atoms with Gasteiger partial charge in [0.1, 0.15) is 17.6 Å². The summed E-state index contributed by atoms with van der Waals surface area (Å²) >= 11 is 0. The molecule has 2 aromatic heterocycles. The van der Waals surface area contributed by atoms with Crippen molar-refractivity contribution in [2.75, 3.05) is 13.2 Å². The van der Waals surface area contributed by atoms with Crippen LogP contribution >= 0.6 is 0 Å². The second kappa shape index (κ2) is 7.56. The number of aryl methyl sites for hydroxylation is 1. The van der Waals surface area contributed by atoms with Crippen LogP contribution in [0.25, 0.3) is 11.5 Å². The molecule has 1 fully saturated rings. The van der Waals surface area contributed by atoms with Crippen LogP contribution in [0, 0.1) is 0 Å². The molecule has 6 heteroatoms. The number of ether oxygens (including phenoxy) is 1. The van der Waals surface area contributed by atoms with Gasteiger partial charge in [-0.2, -0.15) is 0 Å². The molecule has 0 aliphatic carbocycles. The third kappa shape index (κ3) is 3.75. The summed E-state index contributed by atoms with van der Waals surface area (Å²) in [6.07, 6.45) is 8.15. The van der Waals surface area contributed by atoms with Crippen molar-refractivity contribution in [2.45, 2.75) is 51.2 Å². The van der Waals surface area contributed by atoms with Crippen LogP contribution in [0.15, 0.2) is 22.7 Å². The number of hydrogen-bond acceptors (Lipinski definition) is 5. The zero-order chi connectivity index (χ0) is 15.2. The summed E-state index contributed by atoms with van der Waals surface area (Å²) in [7, 11) is 0. The standard InChI is InChI=1S/C16H23N3O3/c20-10-4-1-3-9-19-12-13(17-18-19)14-7-8-16(22-14)15-6-2-5-11-21-15/h7-8,12,15,20H,1-6,9-11H2. The van der Waals surface area contributed by atoms with Gasteiger partial charge in [-0.05, 0) is 50.7 Å². The number of aliphatic hydroxyl groups excluding tert-OH is 1. The van der Waals surface area contributed by atoms with E-state index in [4.69, 9.17) is 14.3 Å². The normalized spacial score (nSPS) is 18.7. The van der Waals surface area contributed by atoms with Gasteiger partial charge >= 0.3 is 0 Å². The van der Waals surface area contributed by atoms with Crippen LogP contribution in [-0.4, -0.2) is 33.3 Å². The molecule has 0 amide bonds. The van der Waals surface area contributed by atoms with Gasteiger partial charge in [-0.25, -0.2) is 0 Å². The minimum Gasteiger partial charge on any atom is -0.457 e. The average molecular weight is 305 g/mol. The molecule has 1 N–H and O–H groups in total. The van der Waals surface area contributed by atoms with Crippen molar-refractivity contribution in [3.8, 4) is 11.5 Å². The highest BCUT2D eigenvalue weighted by atomic mass is 16.5. The van der Waals surface area contributed by atoms with Crippen molar-refractivity contribution < 1.29 is 14.3 Å². The van der Waals surface area contributed by atoms with Crippen LogP contribution in [0.1, 0.15) is 50.4 Å². The molecule has 1 unspecified atom stereocenters. The fraction of sp³-hybridized carbons (Fsp3) is 0.625. The van der Waals surface area contributed by atoms with Gasteiger partial charge in [0.15, 0.2) is 5.76 Å². The van der Waals surface area contributed by atoms with E-state index in [9.17, 15) is 0 Å². The number of nitrogens with zero attached hydrogens (tertiary/aromatic N) is 3. The van der Waals surface area contributed by atoms with Gasteiger partial charge in [-0.3, -0.25) is 4.68 Å². The lowest BCUT2D eigenvalue weighted by atomic mass is 10.1. The monoisotopic (exact) mass is 305 g/mol. The summed E-state index contributed by atoms with van der Waals surface area (Å²) in [5.41, 5.74) is 0.754. The topological polar surface area (TPSA) is 73.3 Å². The Hall–Kier alpha value is -1.66. The molecule has 0 saturated carbocycles. The Labute approximate surface area is 130 Å². The second-order valence-corrected chi connectivity index (χ2v) is 5.71. The minimum atomic E-state index is 0.0797. The molecule has 2 aromatic rings. The predicted octanol–water partition coefficient (Wildman–Crippen LogP) is 2.94. The Bertz CT molecular complexity index is 573. The van der Waals surface area contributed by atoms with E-state index in [0.29, 0.717) is 0 Å². The van der Waals surface area contributed by atoms with Crippen molar-refractivity contribution in [2.24, 2.45) is 0 Å². The van der Waals surface area contributed by atoms with Crippen LogP contribution in [0.4, 0.5) is 0 Å². The summed E-state index contributed by atoms with van der Waals surface area (Å²) in [6, 6.07) is 3.92. The first-order valence-corrected chi connectivity index (χ1v) is 8.09. The zero-order valence-corrected chi connectivity index (χ0v) is 12.8. The summed E-state index contributed by atoms with van der Waals surface area (Å²) in [4.78, 5) is 0. The Balaban J connectivity index is 1.59. The van der Waals surface area contributed by atoms with Crippen molar-refractivity contribution in [3.05, 3.63) is 24.1 Å². The van der Waals surface area contributed by atoms with Gasteiger partial charge < -0.3 is 14.3 Å². The van der Waals surface area contributed by atoms with E-state index in [-0.39, 0.29) is 12.7 Å². The lowest BCUT2D eigenvalue weighted by molar-refractivity contribution is 0.00220. The van der Waals surface area contributed by atoms with Gasteiger partial charge in [-0.1, -0.05) is 5.21 Å². The van der Waals surface area contributed by atoms with E-state index in [2.05, 4.69) is 10.3 Å². The number of hydrogen-bond donors (Lipinski definition) is 1.